The summed E-state index contributed by atoms with van der Waals surface area (Å²) < 4.78 is 83.4. The number of aliphatic hydroxyl groups excluding tert-OH is 1. The fraction of sp³-hybridized carbons (Fsp3) is 0.560. The first-order chi connectivity index (χ1) is 19.3. The van der Waals surface area contributed by atoms with E-state index in [1.807, 2.05) is 0 Å². The molecule has 1 aromatic carbocycles. The van der Waals surface area contributed by atoms with Gasteiger partial charge in [0.1, 0.15) is 24.0 Å². The molecule has 0 spiro atoms. The minimum atomic E-state index is -4.98. The predicted molar refractivity (Wildman–Crippen MR) is 144 cm³/mol. The quantitative estimate of drug-likeness (QED) is 0.340. The molecule has 13 nitrogen and oxygen atoms in total. The zero-order valence-corrected chi connectivity index (χ0v) is 24.5. The van der Waals surface area contributed by atoms with Gasteiger partial charge < -0.3 is 25.4 Å². The summed E-state index contributed by atoms with van der Waals surface area (Å²) in [7, 11) is -4.60. The Hall–Kier alpha value is -3.73. The maximum atomic E-state index is 14.2. The van der Waals surface area contributed by atoms with E-state index < -0.39 is 69.0 Å². The maximum absolute atomic E-state index is 14.2. The number of alkyl halides is 3. The number of fused-ring (bicyclic) bond motifs is 1. The number of carbonyl (C=O) groups excluding carboxylic acids is 1. The number of aryl methyl sites for hydroxylation is 1. The predicted octanol–water partition coefficient (Wildman–Crippen LogP) is 2.96. The minimum Gasteiger partial charge on any atom is -0.486 e. The van der Waals surface area contributed by atoms with E-state index in [-0.39, 0.29) is 41.8 Å². The van der Waals surface area contributed by atoms with E-state index in [0.29, 0.717) is 13.8 Å². The summed E-state index contributed by atoms with van der Waals surface area (Å²) in [5.41, 5.74) is 0.769. The number of hydrogen-bond acceptors (Lipinski definition) is 8. The highest BCUT2D eigenvalue weighted by atomic mass is 32.2. The van der Waals surface area contributed by atoms with Gasteiger partial charge in [-0.05, 0) is 45.4 Å². The number of carboxylic acid groups (broad SMARTS) is 1. The van der Waals surface area contributed by atoms with Crippen LogP contribution in [0.2, 0.25) is 0 Å². The van der Waals surface area contributed by atoms with Gasteiger partial charge in [-0.1, -0.05) is 13.8 Å². The lowest BCUT2D eigenvalue weighted by Crippen LogP contribution is -2.57. The molecule has 1 atom stereocenters. The van der Waals surface area contributed by atoms with Gasteiger partial charge in [0.05, 0.1) is 24.5 Å². The Balaban J connectivity index is 2.24. The SMILES string of the molecule is CCn1cc(S(=O)(=O)N2CC(CC(C)(C)C(N)=O)Oc3ccc(N(C(=O)O)C(C)(C)C(F)(F)F)cc32)c(OCCO)n1. The maximum Gasteiger partial charge on any atom is 0.412 e. The van der Waals surface area contributed by atoms with E-state index in [0.717, 1.165) is 22.5 Å². The van der Waals surface area contributed by atoms with Crippen molar-refractivity contribution in [2.24, 2.45) is 11.1 Å². The van der Waals surface area contributed by atoms with Crippen LogP contribution in [0.25, 0.3) is 0 Å². The molecule has 0 fully saturated rings. The third-order valence-electron chi connectivity index (χ3n) is 6.90. The molecule has 2 heterocycles. The summed E-state index contributed by atoms with van der Waals surface area (Å²) in [6, 6.07) is 3.21. The first kappa shape index (κ1) is 32.8. The van der Waals surface area contributed by atoms with E-state index in [2.05, 4.69) is 5.10 Å². The second-order valence-corrected chi connectivity index (χ2v) is 12.6. The Morgan fingerprint density at radius 2 is 1.88 bits per heavy atom. The van der Waals surface area contributed by atoms with Crippen molar-refractivity contribution in [1.82, 2.24) is 9.78 Å². The fourth-order valence-corrected chi connectivity index (χ4v) is 5.90. The number of nitrogens with two attached hydrogens (primary N) is 1. The molecule has 4 N–H and O–H groups in total. The summed E-state index contributed by atoms with van der Waals surface area (Å²) in [4.78, 5) is 23.8. The summed E-state index contributed by atoms with van der Waals surface area (Å²) in [5, 5.41) is 23.1. The van der Waals surface area contributed by atoms with Crippen molar-refractivity contribution in [2.45, 2.75) is 70.3 Å². The van der Waals surface area contributed by atoms with Crippen LogP contribution in [0.5, 0.6) is 11.6 Å². The smallest absolute Gasteiger partial charge is 0.412 e. The molecule has 0 bridgehead atoms. The third kappa shape index (κ3) is 6.21. The number of carbonyl (C=O) groups is 2. The van der Waals surface area contributed by atoms with Gasteiger partial charge in [-0.3, -0.25) is 18.7 Å². The number of benzene rings is 1. The van der Waals surface area contributed by atoms with Crippen LogP contribution in [0.15, 0.2) is 29.3 Å². The highest BCUT2D eigenvalue weighted by Crippen LogP contribution is 2.45. The van der Waals surface area contributed by atoms with Crippen molar-refractivity contribution < 1.29 is 50.9 Å². The number of nitrogens with zero attached hydrogens (tertiary/aromatic N) is 4. The van der Waals surface area contributed by atoms with Crippen molar-refractivity contribution in [3.63, 3.8) is 0 Å². The highest BCUT2D eigenvalue weighted by Gasteiger charge is 2.54. The molecule has 0 aliphatic carbocycles. The number of amides is 2. The van der Waals surface area contributed by atoms with Gasteiger partial charge in [0.15, 0.2) is 4.90 Å². The van der Waals surface area contributed by atoms with Gasteiger partial charge in [0.25, 0.3) is 15.9 Å². The second-order valence-electron chi connectivity index (χ2n) is 10.8. The number of ether oxygens (including phenoxy) is 2. The first-order valence-electron chi connectivity index (χ1n) is 12.8. The van der Waals surface area contributed by atoms with Gasteiger partial charge >= 0.3 is 12.3 Å². The van der Waals surface area contributed by atoms with Crippen molar-refractivity contribution in [1.29, 1.82) is 0 Å². The molecule has 2 aromatic rings. The molecule has 234 valence electrons. The summed E-state index contributed by atoms with van der Waals surface area (Å²) in [6.07, 6.45) is -6.68. The number of halogens is 3. The molecule has 1 aliphatic heterocycles. The first-order valence-corrected chi connectivity index (χ1v) is 14.3. The van der Waals surface area contributed by atoms with Crippen LogP contribution in [0.4, 0.5) is 29.3 Å². The van der Waals surface area contributed by atoms with E-state index in [1.54, 1.807) is 20.8 Å². The standard InChI is InChI=1S/C25H34F3N5O8S/c1-6-31-14-19(20(30-31)40-10-9-34)42(38,39)32-13-16(12-23(2,3)21(29)35)41-18-8-7-15(11-17(18)32)33(22(36)37)24(4,5)25(26,27)28/h7-8,11,14,16,34H,6,9-10,12-13H2,1-5H3,(H2,29,35)(H,36,37). The topological polar surface area (TPSA) is 178 Å². The Morgan fingerprint density at radius 3 is 2.40 bits per heavy atom. The van der Waals surface area contributed by atoms with Gasteiger partial charge in [0.2, 0.25) is 5.91 Å². The highest BCUT2D eigenvalue weighted by molar-refractivity contribution is 7.93. The minimum absolute atomic E-state index is 0.0278. The Morgan fingerprint density at radius 1 is 1.24 bits per heavy atom. The van der Waals surface area contributed by atoms with Gasteiger partial charge in [-0.25, -0.2) is 13.2 Å². The van der Waals surface area contributed by atoms with Gasteiger partial charge in [-0.15, -0.1) is 5.10 Å². The Kier molecular flexibility index (Phi) is 8.98. The normalized spacial score (nSPS) is 16.0. The molecular weight excluding hydrogens is 587 g/mol. The number of sulfonamides is 1. The van der Waals surface area contributed by atoms with Crippen LogP contribution in [0.1, 0.15) is 41.0 Å². The molecule has 3 rings (SSSR count). The zero-order chi connectivity index (χ0) is 31.8. The lowest BCUT2D eigenvalue weighted by atomic mass is 9.85. The van der Waals surface area contributed by atoms with Crippen LogP contribution in [-0.4, -0.2) is 78.0 Å². The molecule has 2 amide bonds. The molecule has 1 aromatic heterocycles. The summed E-state index contributed by atoms with van der Waals surface area (Å²) >= 11 is 0. The largest absolute Gasteiger partial charge is 0.486 e. The zero-order valence-electron chi connectivity index (χ0n) is 23.7. The third-order valence-corrected chi connectivity index (χ3v) is 8.66. The van der Waals surface area contributed by atoms with E-state index in [4.69, 9.17) is 15.2 Å². The number of primary amides is 1. The van der Waals surface area contributed by atoms with Crippen LogP contribution in [0.3, 0.4) is 0 Å². The van der Waals surface area contributed by atoms with Crippen molar-refractivity contribution in [2.75, 3.05) is 29.0 Å². The number of aliphatic hydroxyl groups is 1. The number of rotatable bonds is 11. The average molecular weight is 622 g/mol. The summed E-state index contributed by atoms with van der Waals surface area (Å²) in [5.74, 6) is -1.08. The molecule has 0 saturated heterocycles. The van der Waals surface area contributed by atoms with Crippen molar-refractivity contribution in [3.8, 4) is 11.6 Å². The van der Waals surface area contributed by atoms with Crippen LogP contribution in [0, 0.1) is 5.41 Å². The summed E-state index contributed by atoms with van der Waals surface area (Å²) in [6.45, 7) is 5.27. The van der Waals surface area contributed by atoms with E-state index >= 15 is 0 Å². The lowest BCUT2D eigenvalue weighted by Gasteiger charge is -2.40. The second kappa shape index (κ2) is 11.5. The average Bonchev–Trinajstić information content (AvgIpc) is 3.30. The fourth-order valence-electron chi connectivity index (χ4n) is 4.33. The van der Waals surface area contributed by atoms with Gasteiger partial charge in [-0.2, -0.15) is 13.2 Å². The van der Waals surface area contributed by atoms with E-state index in [9.17, 15) is 41.4 Å². The number of hydrogen-bond donors (Lipinski definition) is 3. The number of aromatic nitrogens is 2. The Bertz CT molecular complexity index is 1440. The molecule has 0 radical (unpaired) electrons. The van der Waals surface area contributed by atoms with Crippen LogP contribution in [-0.2, 0) is 21.4 Å². The molecule has 42 heavy (non-hydrogen) atoms. The van der Waals surface area contributed by atoms with Crippen molar-refractivity contribution in [3.05, 3.63) is 24.4 Å². The monoisotopic (exact) mass is 621 g/mol. The molecule has 17 heteroatoms. The van der Waals surface area contributed by atoms with Crippen LogP contribution < -0.4 is 24.4 Å². The number of anilines is 2. The molecule has 1 aliphatic rings. The Labute approximate surface area is 240 Å². The van der Waals surface area contributed by atoms with E-state index in [1.165, 1.54) is 10.9 Å². The molecule has 0 saturated carbocycles. The van der Waals surface area contributed by atoms with Crippen molar-refractivity contribution >= 4 is 33.4 Å². The van der Waals surface area contributed by atoms with Gasteiger partial charge in [0, 0.05) is 18.2 Å². The lowest BCUT2D eigenvalue weighted by molar-refractivity contribution is -0.175. The molecular formula is C25H34F3N5O8S. The molecule has 1 unspecified atom stereocenters. The van der Waals surface area contributed by atoms with Crippen LogP contribution >= 0.6 is 0 Å².